The third kappa shape index (κ3) is 6.73. The quantitative estimate of drug-likeness (QED) is 0.401. The molecule has 0 saturated heterocycles. The molecule has 6 nitrogen and oxygen atoms in total. The fraction of sp³-hybridized carbons (Fsp3) is 0.706. The minimum atomic E-state index is -0.00355. The molecule has 0 unspecified atom stereocenters. The first kappa shape index (κ1) is 22.1. The Balaban J connectivity index is 0.00000312. The van der Waals surface area contributed by atoms with Crippen LogP contribution in [0.15, 0.2) is 4.99 Å². The normalized spacial score (nSPS) is 13.9. The summed E-state index contributed by atoms with van der Waals surface area (Å²) in [5, 5.41) is 4.46. The zero-order valence-electron chi connectivity index (χ0n) is 15.8. The number of likely N-dealkylation sites (N-methyl/N-ethyl adjacent to an activating group) is 1. The maximum absolute atomic E-state index is 11.8. The van der Waals surface area contributed by atoms with Crippen LogP contribution in [0.5, 0.6) is 0 Å². The third-order valence-corrected chi connectivity index (χ3v) is 5.05. The SMILES string of the molecule is CC(C)NC(=NCC(=O)N(C)C)N(C)Cc1nc2c(s1)CCCC2.I. The van der Waals surface area contributed by atoms with Gasteiger partial charge in [-0.2, -0.15) is 0 Å². The Morgan fingerprint density at radius 2 is 1.96 bits per heavy atom. The summed E-state index contributed by atoms with van der Waals surface area (Å²) >= 11 is 1.82. The summed E-state index contributed by atoms with van der Waals surface area (Å²) in [7, 11) is 5.49. The van der Waals surface area contributed by atoms with E-state index in [0.717, 1.165) is 17.4 Å². The first-order valence-corrected chi connectivity index (χ1v) is 9.38. The Kier molecular flexibility index (Phi) is 9.12. The van der Waals surface area contributed by atoms with Gasteiger partial charge >= 0.3 is 0 Å². The number of thiazole rings is 1. The van der Waals surface area contributed by atoms with Gasteiger partial charge in [-0.15, -0.1) is 35.3 Å². The van der Waals surface area contributed by atoms with Crippen LogP contribution in [0.3, 0.4) is 0 Å². The summed E-state index contributed by atoms with van der Waals surface area (Å²) in [4.78, 5) is 26.1. The molecule has 0 radical (unpaired) electrons. The Morgan fingerprint density at radius 3 is 2.56 bits per heavy atom. The van der Waals surface area contributed by atoms with Crippen molar-refractivity contribution in [3.05, 3.63) is 15.6 Å². The molecule has 0 bridgehead atoms. The Morgan fingerprint density at radius 1 is 1.28 bits per heavy atom. The lowest BCUT2D eigenvalue weighted by molar-refractivity contribution is -0.127. The van der Waals surface area contributed by atoms with Crippen LogP contribution in [0.2, 0.25) is 0 Å². The van der Waals surface area contributed by atoms with Gasteiger partial charge in [-0.25, -0.2) is 9.98 Å². The molecule has 142 valence electrons. The van der Waals surface area contributed by atoms with Crippen molar-refractivity contribution in [1.82, 2.24) is 20.1 Å². The molecule has 1 aromatic heterocycles. The molecule has 2 rings (SSSR count). The van der Waals surface area contributed by atoms with E-state index in [9.17, 15) is 4.79 Å². The van der Waals surface area contributed by atoms with E-state index >= 15 is 0 Å². The van der Waals surface area contributed by atoms with Gasteiger partial charge in [0, 0.05) is 32.1 Å². The van der Waals surface area contributed by atoms with Gasteiger partial charge in [0.1, 0.15) is 11.6 Å². The summed E-state index contributed by atoms with van der Waals surface area (Å²) in [6, 6.07) is 0.255. The first-order valence-electron chi connectivity index (χ1n) is 8.56. The average molecular weight is 479 g/mol. The van der Waals surface area contributed by atoms with E-state index in [1.54, 1.807) is 19.0 Å². The second kappa shape index (κ2) is 10.3. The number of hydrogen-bond donors (Lipinski definition) is 1. The van der Waals surface area contributed by atoms with Crippen LogP contribution in [0.4, 0.5) is 0 Å². The number of hydrogen-bond acceptors (Lipinski definition) is 4. The number of fused-ring (bicyclic) bond motifs is 1. The van der Waals surface area contributed by atoms with Crippen LogP contribution in [0.25, 0.3) is 0 Å². The minimum Gasteiger partial charge on any atom is -0.354 e. The minimum absolute atomic E-state index is 0. The predicted octanol–water partition coefficient (Wildman–Crippen LogP) is 2.51. The Bertz CT molecular complexity index is 576. The molecule has 1 amide bonds. The highest BCUT2D eigenvalue weighted by Crippen LogP contribution is 2.27. The van der Waals surface area contributed by atoms with Crippen molar-refractivity contribution < 1.29 is 4.79 Å². The molecular weight excluding hydrogens is 449 g/mol. The van der Waals surface area contributed by atoms with Crippen molar-refractivity contribution in [2.75, 3.05) is 27.7 Å². The van der Waals surface area contributed by atoms with Crippen molar-refractivity contribution in [3.8, 4) is 0 Å². The lowest BCUT2D eigenvalue weighted by atomic mass is 10.0. The molecular formula is C17H30IN5OS. The lowest BCUT2D eigenvalue weighted by Crippen LogP contribution is -2.42. The maximum atomic E-state index is 11.8. The largest absolute Gasteiger partial charge is 0.354 e. The van der Waals surface area contributed by atoms with Crippen LogP contribution in [-0.4, -0.2) is 60.4 Å². The third-order valence-electron chi connectivity index (χ3n) is 3.90. The van der Waals surface area contributed by atoms with E-state index in [-0.39, 0.29) is 42.5 Å². The average Bonchev–Trinajstić information content (AvgIpc) is 2.92. The van der Waals surface area contributed by atoms with E-state index < -0.39 is 0 Å². The monoisotopic (exact) mass is 479 g/mol. The highest BCUT2D eigenvalue weighted by Gasteiger charge is 2.17. The molecule has 1 N–H and O–H groups in total. The molecule has 25 heavy (non-hydrogen) atoms. The Labute approximate surface area is 172 Å². The van der Waals surface area contributed by atoms with Gasteiger partial charge in [-0.3, -0.25) is 4.79 Å². The summed E-state index contributed by atoms with van der Waals surface area (Å²) in [5.74, 6) is 0.740. The zero-order chi connectivity index (χ0) is 17.7. The molecule has 0 saturated carbocycles. The van der Waals surface area contributed by atoms with Gasteiger partial charge < -0.3 is 15.1 Å². The highest BCUT2D eigenvalue weighted by molar-refractivity contribution is 14.0. The number of nitrogens with zero attached hydrogens (tertiary/aromatic N) is 4. The van der Waals surface area contributed by atoms with E-state index in [1.807, 2.05) is 23.3 Å². The highest BCUT2D eigenvalue weighted by atomic mass is 127. The summed E-state index contributed by atoms with van der Waals surface area (Å²) in [6.07, 6.45) is 4.80. The number of guanidine groups is 1. The van der Waals surface area contributed by atoms with Gasteiger partial charge in [-0.05, 0) is 39.5 Å². The molecule has 0 fully saturated rings. The van der Waals surface area contributed by atoms with Gasteiger partial charge in [0.2, 0.25) is 5.91 Å². The van der Waals surface area contributed by atoms with Gasteiger partial charge in [-0.1, -0.05) is 0 Å². The summed E-state index contributed by atoms with van der Waals surface area (Å²) < 4.78 is 0. The van der Waals surface area contributed by atoms with Crippen LogP contribution in [0.1, 0.15) is 42.3 Å². The maximum Gasteiger partial charge on any atom is 0.243 e. The number of halogens is 1. The van der Waals surface area contributed by atoms with Gasteiger partial charge in [0.05, 0.1) is 12.2 Å². The number of nitrogens with one attached hydrogen (secondary N) is 1. The first-order chi connectivity index (χ1) is 11.4. The smallest absolute Gasteiger partial charge is 0.243 e. The van der Waals surface area contributed by atoms with Crippen molar-refractivity contribution >= 4 is 47.2 Å². The molecule has 8 heteroatoms. The fourth-order valence-electron chi connectivity index (χ4n) is 2.57. The molecule has 1 aliphatic rings. The number of carbonyl (C=O) groups is 1. The zero-order valence-corrected chi connectivity index (χ0v) is 19.0. The molecule has 0 atom stereocenters. The predicted molar refractivity (Wildman–Crippen MR) is 115 cm³/mol. The van der Waals surface area contributed by atoms with Gasteiger partial charge in [0.25, 0.3) is 0 Å². The van der Waals surface area contributed by atoms with E-state index in [4.69, 9.17) is 4.98 Å². The van der Waals surface area contributed by atoms with E-state index in [0.29, 0.717) is 6.54 Å². The van der Waals surface area contributed by atoms with Crippen LogP contribution in [0, 0.1) is 0 Å². The second-order valence-corrected chi connectivity index (χ2v) is 7.94. The van der Waals surface area contributed by atoms with Gasteiger partial charge in [0.15, 0.2) is 5.96 Å². The number of amides is 1. The molecule has 0 aliphatic heterocycles. The topological polar surface area (TPSA) is 60.8 Å². The van der Waals surface area contributed by atoms with Crippen molar-refractivity contribution in [2.24, 2.45) is 4.99 Å². The van der Waals surface area contributed by atoms with Crippen molar-refractivity contribution in [2.45, 2.75) is 52.1 Å². The molecule has 0 aromatic carbocycles. The number of aromatic nitrogens is 1. The molecule has 1 aliphatic carbocycles. The lowest BCUT2D eigenvalue weighted by Gasteiger charge is -2.23. The molecule has 1 aromatic rings. The van der Waals surface area contributed by atoms with Crippen LogP contribution in [-0.2, 0) is 24.2 Å². The number of carbonyl (C=O) groups excluding carboxylic acids is 1. The Hall–Kier alpha value is -0.900. The summed E-state index contributed by atoms with van der Waals surface area (Å²) in [6.45, 7) is 5.01. The fourth-order valence-corrected chi connectivity index (χ4v) is 3.78. The second-order valence-electron chi connectivity index (χ2n) is 6.77. The van der Waals surface area contributed by atoms with E-state index in [1.165, 1.54) is 29.8 Å². The molecule has 1 heterocycles. The van der Waals surface area contributed by atoms with E-state index in [2.05, 4.69) is 24.2 Å². The summed E-state index contributed by atoms with van der Waals surface area (Å²) in [5.41, 5.74) is 1.28. The number of aryl methyl sites for hydroxylation is 2. The number of aliphatic imine (C=N–C) groups is 1. The number of rotatable bonds is 5. The van der Waals surface area contributed by atoms with Crippen molar-refractivity contribution in [3.63, 3.8) is 0 Å². The molecule has 0 spiro atoms. The van der Waals surface area contributed by atoms with Crippen LogP contribution >= 0.6 is 35.3 Å². The van der Waals surface area contributed by atoms with Crippen LogP contribution < -0.4 is 5.32 Å². The standard InChI is InChI=1S/C17H29N5OS.HI/c1-12(2)19-17(18-10-16(23)21(3)4)22(5)11-15-20-13-8-6-7-9-14(13)24-15;/h12H,6-11H2,1-5H3,(H,18,19);1H. The van der Waals surface area contributed by atoms with Crippen molar-refractivity contribution in [1.29, 1.82) is 0 Å².